The molecule has 14 heavy (non-hydrogen) atoms. The van der Waals surface area contributed by atoms with Gasteiger partial charge in [0, 0.05) is 0 Å². The Morgan fingerprint density at radius 3 is 2.43 bits per heavy atom. The number of carbonyl (C=O) groups is 1. The zero-order valence-corrected chi connectivity index (χ0v) is 8.99. The third-order valence-electron chi connectivity index (χ3n) is 1.58. The van der Waals surface area contributed by atoms with Gasteiger partial charge in [0.2, 0.25) is 0 Å². The molecule has 0 aromatic heterocycles. The molecular formula is C9H19FNO3+. The van der Waals surface area contributed by atoms with E-state index in [1.165, 1.54) is 0 Å². The highest BCUT2D eigenvalue weighted by Gasteiger charge is 2.21. The van der Waals surface area contributed by atoms with Crippen LogP contribution in [-0.4, -0.2) is 62.6 Å². The van der Waals surface area contributed by atoms with Crippen molar-refractivity contribution in [2.24, 2.45) is 0 Å². The van der Waals surface area contributed by atoms with Crippen LogP contribution in [0.1, 0.15) is 6.42 Å². The molecule has 0 heterocycles. The van der Waals surface area contributed by atoms with E-state index in [1.807, 2.05) is 21.1 Å². The lowest BCUT2D eigenvalue weighted by Gasteiger charge is -2.28. The van der Waals surface area contributed by atoms with Gasteiger partial charge >= 0.3 is 5.97 Å². The van der Waals surface area contributed by atoms with E-state index >= 15 is 0 Å². The van der Waals surface area contributed by atoms with Crippen LogP contribution in [0.5, 0.6) is 0 Å². The maximum atomic E-state index is 11.8. The molecule has 0 bridgehead atoms. The molecule has 84 valence electrons. The summed E-state index contributed by atoms with van der Waals surface area (Å²) in [5, 5.41) is 8.60. The first-order valence-corrected chi connectivity index (χ1v) is 4.55. The second kappa shape index (κ2) is 5.93. The van der Waals surface area contributed by atoms with E-state index in [9.17, 15) is 9.18 Å². The Labute approximate surface area is 83.9 Å². The first-order valence-electron chi connectivity index (χ1n) is 4.55. The number of halogens is 1. The average molecular weight is 208 g/mol. The van der Waals surface area contributed by atoms with Gasteiger partial charge in [-0.25, -0.2) is 4.39 Å². The molecule has 1 atom stereocenters. The number of likely N-dealkylation sites (N-methyl/N-ethyl adjacent to an activating group) is 1. The van der Waals surface area contributed by atoms with Crippen LogP contribution in [0.3, 0.4) is 0 Å². The molecule has 4 nitrogen and oxygen atoms in total. The van der Waals surface area contributed by atoms with Crippen molar-refractivity contribution in [3.8, 4) is 0 Å². The standard InChI is InChI=1S/C9H18FNO3/c1-11(2,3)7-8(6-9(12)13)14-5-4-10/h8H,4-7H2,1-3H3/p+1. The minimum Gasteiger partial charge on any atom is -0.481 e. The third-order valence-corrected chi connectivity index (χ3v) is 1.58. The molecule has 0 amide bonds. The molecule has 0 rings (SSSR count). The van der Waals surface area contributed by atoms with Crippen molar-refractivity contribution < 1.29 is 23.5 Å². The van der Waals surface area contributed by atoms with Gasteiger partial charge < -0.3 is 14.3 Å². The molecular weight excluding hydrogens is 189 g/mol. The number of nitrogens with zero attached hydrogens (tertiary/aromatic N) is 1. The van der Waals surface area contributed by atoms with E-state index in [2.05, 4.69) is 0 Å². The first-order chi connectivity index (χ1) is 6.35. The van der Waals surface area contributed by atoms with Crippen LogP contribution >= 0.6 is 0 Å². The number of quaternary nitrogens is 1. The molecule has 0 saturated heterocycles. The zero-order chi connectivity index (χ0) is 11.2. The van der Waals surface area contributed by atoms with E-state index in [1.54, 1.807) is 0 Å². The van der Waals surface area contributed by atoms with Crippen LogP contribution in [0.25, 0.3) is 0 Å². The third kappa shape index (κ3) is 7.94. The van der Waals surface area contributed by atoms with E-state index < -0.39 is 18.7 Å². The van der Waals surface area contributed by atoms with Crippen molar-refractivity contribution in [3.05, 3.63) is 0 Å². The van der Waals surface area contributed by atoms with E-state index in [-0.39, 0.29) is 13.0 Å². The maximum absolute atomic E-state index is 11.8. The number of rotatable bonds is 7. The summed E-state index contributed by atoms with van der Waals surface area (Å²) in [6, 6.07) is 0. The molecule has 0 aromatic rings. The minimum absolute atomic E-state index is 0.0298. The Morgan fingerprint density at radius 2 is 2.07 bits per heavy atom. The Bertz CT molecular complexity index is 179. The van der Waals surface area contributed by atoms with Gasteiger partial charge in [0.15, 0.2) is 0 Å². The molecule has 5 heteroatoms. The summed E-state index contributed by atoms with van der Waals surface area (Å²) < 4.78 is 17.6. The quantitative estimate of drug-likeness (QED) is 0.620. The average Bonchev–Trinajstić information content (AvgIpc) is 1.96. The SMILES string of the molecule is C[N+](C)(C)CC(CC(=O)O)OCCF. The van der Waals surface area contributed by atoms with Crippen LogP contribution in [0.15, 0.2) is 0 Å². The predicted molar refractivity (Wildman–Crippen MR) is 50.9 cm³/mol. The van der Waals surface area contributed by atoms with Gasteiger partial charge in [0.1, 0.15) is 19.3 Å². The fourth-order valence-electron chi connectivity index (χ4n) is 1.19. The summed E-state index contributed by atoms with van der Waals surface area (Å²) in [6.07, 6.45) is -0.488. The lowest BCUT2D eigenvalue weighted by molar-refractivity contribution is -0.873. The number of ether oxygens (including phenoxy) is 1. The van der Waals surface area contributed by atoms with Crippen molar-refractivity contribution in [3.63, 3.8) is 0 Å². The fraction of sp³-hybridized carbons (Fsp3) is 0.889. The lowest BCUT2D eigenvalue weighted by atomic mass is 10.2. The highest BCUT2D eigenvalue weighted by atomic mass is 19.1. The monoisotopic (exact) mass is 208 g/mol. The van der Waals surface area contributed by atoms with Crippen molar-refractivity contribution in [1.29, 1.82) is 0 Å². The predicted octanol–water partition coefficient (Wildman–Crippen LogP) is 0.522. The lowest BCUT2D eigenvalue weighted by Crippen LogP contribution is -2.43. The van der Waals surface area contributed by atoms with Crippen molar-refractivity contribution in [2.45, 2.75) is 12.5 Å². The summed E-state index contributed by atoms with van der Waals surface area (Å²) in [4.78, 5) is 10.5. The van der Waals surface area contributed by atoms with Crippen molar-refractivity contribution in [1.82, 2.24) is 0 Å². The fourth-order valence-corrected chi connectivity index (χ4v) is 1.19. The summed E-state index contributed by atoms with van der Waals surface area (Å²) in [5.41, 5.74) is 0. The Kier molecular flexibility index (Phi) is 5.64. The highest BCUT2D eigenvalue weighted by molar-refractivity contribution is 5.67. The van der Waals surface area contributed by atoms with Crippen LogP contribution in [0.4, 0.5) is 4.39 Å². The van der Waals surface area contributed by atoms with Gasteiger partial charge in [-0.2, -0.15) is 0 Å². The van der Waals surface area contributed by atoms with Gasteiger partial charge in [-0.3, -0.25) is 4.79 Å². The number of hydrogen-bond acceptors (Lipinski definition) is 2. The summed E-state index contributed by atoms with van der Waals surface area (Å²) in [7, 11) is 5.81. The maximum Gasteiger partial charge on any atom is 0.306 e. The Balaban J connectivity index is 4.03. The van der Waals surface area contributed by atoms with Crippen molar-refractivity contribution >= 4 is 5.97 Å². The van der Waals surface area contributed by atoms with E-state index in [4.69, 9.17) is 9.84 Å². The van der Waals surface area contributed by atoms with Gasteiger partial charge in [-0.05, 0) is 0 Å². The summed E-state index contributed by atoms with van der Waals surface area (Å²) in [6.45, 7) is -0.0441. The second-order valence-corrected chi connectivity index (χ2v) is 4.25. The summed E-state index contributed by atoms with van der Waals surface area (Å²) in [5.74, 6) is -0.915. The molecule has 0 aromatic carbocycles. The van der Waals surface area contributed by atoms with Gasteiger partial charge in [-0.1, -0.05) is 0 Å². The van der Waals surface area contributed by atoms with Crippen LogP contribution in [-0.2, 0) is 9.53 Å². The molecule has 0 aliphatic heterocycles. The topological polar surface area (TPSA) is 46.5 Å². The molecule has 0 radical (unpaired) electrons. The number of alkyl halides is 1. The van der Waals surface area contributed by atoms with Crippen LogP contribution < -0.4 is 0 Å². The largest absolute Gasteiger partial charge is 0.481 e. The minimum atomic E-state index is -0.915. The van der Waals surface area contributed by atoms with E-state index in [0.29, 0.717) is 11.0 Å². The summed E-state index contributed by atoms with van der Waals surface area (Å²) >= 11 is 0. The number of hydrogen-bond donors (Lipinski definition) is 1. The molecule has 0 spiro atoms. The number of aliphatic carboxylic acids is 1. The normalized spacial score (nSPS) is 14.0. The molecule has 0 saturated carbocycles. The molecule has 0 fully saturated rings. The first kappa shape index (κ1) is 13.3. The zero-order valence-electron chi connectivity index (χ0n) is 8.99. The molecule has 0 aliphatic carbocycles. The van der Waals surface area contributed by atoms with Crippen LogP contribution in [0.2, 0.25) is 0 Å². The molecule has 0 aliphatic rings. The van der Waals surface area contributed by atoms with Crippen molar-refractivity contribution in [2.75, 3.05) is 41.0 Å². The van der Waals surface area contributed by atoms with Gasteiger partial charge in [0.25, 0.3) is 0 Å². The Hall–Kier alpha value is -0.680. The highest BCUT2D eigenvalue weighted by Crippen LogP contribution is 2.04. The van der Waals surface area contributed by atoms with Crippen LogP contribution in [0, 0.1) is 0 Å². The van der Waals surface area contributed by atoms with E-state index in [0.717, 1.165) is 0 Å². The smallest absolute Gasteiger partial charge is 0.306 e. The molecule has 1 N–H and O–H groups in total. The Morgan fingerprint density at radius 1 is 1.50 bits per heavy atom. The molecule has 1 unspecified atom stereocenters. The van der Waals surface area contributed by atoms with Gasteiger partial charge in [0.05, 0.1) is 34.2 Å². The number of carboxylic acids is 1. The van der Waals surface area contributed by atoms with Gasteiger partial charge in [-0.15, -0.1) is 0 Å². The second-order valence-electron chi connectivity index (χ2n) is 4.25. The number of carboxylic acid groups (broad SMARTS) is 1.